The van der Waals surface area contributed by atoms with Crippen LogP contribution >= 0.6 is 0 Å². The minimum atomic E-state index is -0.204. The van der Waals surface area contributed by atoms with Gasteiger partial charge in [-0.3, -0.25) is 0 Å². The van der Waals surface area contributed by atoms with Crippen molar-refractivity contribution in [3.8, 4) is 0 Å². The third kappa shape index (κ3) is 6.00. The van der Waals surface area contributed by atoms with Crippen LogP contribution in [0.15, 0.2) is 22.8 Å². The molecule has 0 spiro atoms. The average molecular weight is 238 g/mol. The predicted molar refractivity (Wildman–Crippen MR) is 67.9 cm³/mol. The second-order valence-electron chi connectivity index (χ2n) is 5.37. The molecule has 0 aromatic carbocycles. The van der Waals surface area contributed by atoms with Gasteiger partial charge in [-0.15, -0.1) is 0 Å². The van der Waals surface area contributed by atoms with Gasteiger partial charge in [-0.2, -0.15) is 0 Å². The number of furan rings is 1. The summed E-state index contributed by atoms with van der Waals surface area (Å²) in [6, 6.07) is 3.83. The number of carbonyl (C=O) groups excluding carboxylic acids is 1. The van der Waals surface area contributed by atoms with Gasteiger partial charge >= 0.3 is 6.03 Å². The van der Waals surface area contributed by atoms with E-state index in [9.17, 15) is 4.79 Å². The molecule has 0 aliphatic heterocycles. The molecule has 1 rings (SSSR count). The number of hydrogen-bond acceptors (Lipinski definition) is 2. The third-order valence-corrected chi connectivity index (χ3v) is 2.27. The lowest BCUT2D eigenvalue weighted by molar-refractivity contribution is 0.228. The number of hydrogen-bond donors (Lipinski definition) is 2. The number of aryl methyl sites for hydroxylation is 1. The molecule has 1 aromatic heterocycles. The Morgan fingerprint density at radius 1 is 1.47 bits per heavy atom. The van der Waals surface area contributed by atoms with Crippen LogP contribution in [0.1, 0.15) is 39.9 Å². The maximum absolute atomic E-state index is 11.6. The van der Waals surface area contributed by atoms with E-state index >= 15 is 0 Å². The highest BCUT2D eigenvalue weighted by atomic mass is 16.3. The first-order valence-corrected chi connectivity index (χ1v) is 5.98. The fourth-order valence-corrected chi connectivity index (χ4v) is 1.49. The van der Waals surface area contributed by atoms with Gasteiger partial charge in [0.25, 0.3) is 0 Å². The molecular weight excluding hydrogens is 216 g/mol. The first-order chi connectivity index (χ1) is 7.87. The maximum atomic E-state index is 11.6. The van der Waals surface area contributed by atoms with Crippen molar-refractivity contribution in [1.82, 2.24) is 10.6 Å². The number of carbonyl (C=O) groups is 1. The molecule has 96 valence electrons. The molecule has 1 aromatic rings. The van der Waals surface area contributed by atoms with Gasteiger partial charge in [0.2, 0.25) is 0 Å². The molecule has 1 atom stereocenters. The van der Waals surface area contributed by atoms with Crippen molar-refractivity contribution in [2.24, 2.45) is 0 Å². The van der Waals surface area contributed by atoms with Crippen molar-refractivity contribution in [2.45, 2.75) is 52.1 Å². The molecular formula is C13H22N2O2. The van der Waals surface area contributed by atoms with Crippen LogP contribution in [0.4, 0.5) is 4.79 Å². The first-order valence-electron chi connectivity index (χ1n) is 5.98. The lowest BCUT2D eigenvalue weighted by Gasteiger charge is -2.22. The van der Waals surface area contributed by atoms with Crippen molar-refractivity contribution in [3.05, 3.63) is 24.2 Å². The Labute approximate surface area is 103 Å². The van der Waals surface area contributed by atoms with Crippen LogP contribution in [-0.2, 0) is 6.42 Å². The Balaban J connectivity index is 2.25. The highest BCUT2D eigenvalue weighted by Gasteiger charge is 2.15. The quantitative estimate of drug-likeness (QED) is 0.847. The second kappa shape index (κ2) is 5.75. The first kappa shape index (κ1) is 13.6. The van der Waals surface area contributed by atoms with E-state index < -0.39 is 0 Å². The molecule has 1 heterocycles. The normalized spacial score (nSPS) is 13.2. The maximum Gasteiger partial charge on any atom is 0.315 e. The lowest BCUT2D eigenvalue weighted by Crippen LogP contribution is -2.48. The summed E-state index contributed by atoms with van der Waals surface area (Å²) in [7, 11) is 0. The summed E-state index contributed by atoms with van der Waals surface area (Å²) in [4.78, 5) is 11.6. The van der Waals surface area contributed by atoms with Crippen molar-refractivity contribution in [2.75, 3.05) is 0 Å². The molecule has 0 aliphatic rings. The zero-order valence-electron chi connectivity index (χ0n) is 11.0. The predicted octanol–water partition coefficient (Wildman–Crippen LogP) is 2.70. The van der Waals surface area contributed by atoms with E-state index in [-0.39, 0.29) is 17.6 Å². The van der Waals surface area contributed by atoms with Crippen LogP contribution in [0, 0.1) is 0 Å². The summed E-state index contributed by atoms with van der Waals surface area (Å²) >= 11 is 0. The Morgan fingerprint density at radius 3 is 2.71 bits per heavy atom. The summed E-state index contributed by atoms with van der Waals surface area (Å²) in [6.07, 6.45) is 3.37. The standard InChI is InChI=1S/C13H22N2O2/c1-10(7-8-11-6-5-9-17-11)14-12(16)15-13(2,3)4/h5-6,9-10H,7-8H2,1-4H3,(H2,14,15,16). The highest BCUT2D eigenvalue weighted by Crippen LogP contribution is 2.06. The van der Waals surface area contributed by atoms with E-state index in [1.165, 1.54) is 0 Å². The summed E-state index contributed by atoms with van der Waals surface area (Å²) in [5.74, 6) is 0.954. The van der Waals surface area contributed by atoms with Gasteiger partial charge in [0.05, 0.1) is 6.26 Å². The zero-order chi connectivity index (χ0) is 12.9. The third-order valence-electron chi connectivity index (χ3n) is 2.27. The van der Waals surface area contributed by atoms with Gasteiger partial charge in [-0.1, -0.05) is 0 Å². The second-order valence-corrected chi connectivity index (χ2v) is 5.37. The van der Waals surface area contributed by atoms with Gasteiger partial charge in [0, 0.05) is 18.0 Å². The van der Waals surface area contributed by atoms with E-state index in [4.69, 9.17) is 4.42 Å². The highest BCUT2D eigenvalue weighted by molar-refractivity contribution is 5.74. The van der Waals surface area contributed by atoms with E-state index in [0.717, 1.165) is 18.6 Å². The minimum Gasteiger partial charge on any atom is -0.469 e. The van der Waals surface area contributed by atoms with E-state index in [1.54, 1.807) is 6.26 Å². The largest absolute Gasteiger partial charge is 0.469 e. The summed E-state index contributed by atoms with van der Waals surface area (Å²) < 4.78 is 5.24. The van der Waals surface area contributed by atoms with Crippen LogP contribution < -0.4 is 10.6 Å². The zero-order valence-corrected chi connectivity index (χ0v) is 11.0. The van der Waals surface area contributed by atoms with E-state index in [2.05, 4.69) is 10.6 Å². The summed E-state index contributed by atoms with van der Waals surface area (Å²) in [5, 5.41) is 5.78. The van der Waals surface area contributed by atoms with Crippen molar-refractivity contribution in [3.63, 3.8) is 0 Å². The Morgan fingerprint density at radius 2 is 2.18 bits per heavy atom. The van der Waals surface area contributed by atoms with Gasteiger partial charge in [-0.25, -0.2) is 4.79 Å². The Kier molecular flexibility index (Phi) is 4.61. The average Bonchev–Trinajstić information content (AvgIpc) is 2.63. The van der Waals surface area contributed by atoms with Crippen molar-refractivity contribution < 1.29 is 9.21 Å². The summed E-state index contributed by atoms with van der Waals surface area (Å²) in [6.45, 7) is 7.87. The molecule has 4 nitrogen and oxygen atoms in total. The molecule has 0 bridgehead atoms. The molecule has 0 radical (unpaired) electrons. The lowest BCUT2D eigenvalue weighted by atomic mass is 10.1. The number of rotatable bonds is 4. The molecule has 0 fully saturated rings. The molecule has 4 heteroatoms. The molecule has 2 amide bonds. The molecule has 2 N–H and O–H groups in total. The number of amides is 2. The van der Waals surface area contributed by atoms with Gasteiger partial charge in [0.1, 0.15) is 5.76 Å². The van der Waals surface area contributed by atoms with Gasteiger partial charge in [0.15, 0.2) is 0 Å². The monoisotopic (exact) mass is 238 g/mol. The van der Waals surface area contributed by atoms with Crippen LogP contribution in [0.3, 0.4) is 0 Å². The molecule has 0 saturated carbocycles. The van der Waals surface area contributed by atoms with Crippen molar-refractivity contribution >= 4 is 6.03 Å². The fourth-order valence-electron chi connectivity index (χ4n) is 1.49. The molecule has 0 saturated heterocycles. The van der Waals surface area contributed by atoms with Crippen molar-refractivity contribution in [1.29, 1.82) is 0 Å². The molecule has 1 unspecified atom stereocenters. The number of urea groups is 1. The van der Waals surface area contributed by atoms with Gasteiger partial charge in [-0.05, 0) is 46.2 Å². The van der Waals surface area contributed by atoms with Crippen LogP contribution in [-0.4, -0.2) is 17.6 Å². The topological polar surface area (TPSA) is 54.3 Å². The minimum absolute atomic E-state index is 0.121. The summed E-state index contributed by atoms with van der Waals surface area (Å²) in [5.41, 5.74) is -0.204. The van der Waals surface area contributed by atoms with Crippen LogP contribution in [0.2, 0.25) is 0 Å². The van der Waals surface area contributed by atoms with E-state index in [1.807, 2.05) is 39.8 Å². The van der Waals surface area contributed by atoms with E-state index in [0.29, 0.717) is 0 Å². The van der Waals surface area contributed by atoms with Crippen LogP contribution in [0.5, 0.6) is 0 Å². The Bertz CT molecular complexity index is 339. The fraction of sp³-hybridized carbons (Fsp3) is 0.615. The number of nitrogens with one attached hydrogen (secondary N) is 2. The van der Waals surface area contributed by atoms with Crippen LogP contribution in [0.25, 0.3) is 0 Å². The Hall–Kier alpha value is -1.45. The molecule has 17 heavy (non-hydrogen) atoms. The molecule has 0 aliphatic carbocycles. The SMILES string of the molecule is CC(CCc1ccco1)NC(=O)NC(C)(C)C. The smallest absolute Gasteiger partial charge is 0.315 e. The van der Waals surface area contributed by atoms with Gasteiger partial charge < -0.3 is 15.1 Å².